The molecule has 2 aliphatic rings. The fourth-order valence-corrected chi connectivity index (χ4v) is 3.52. The molecule has 20 heavy (non-hydrogen) atoms. The third kappa shape index (κ3) is 4.03. The van der Waals surface area contributed by atoms with E-state index >= 15 is 0 Å². The highest BCUT2D eigenvalue weighted by Crippen LogP contribution is 2.24. The summed E-state index contributed by atoms with van der Waals surface area (Å²) in [5, 5.41) is 0. The summed E-state index contributed by atoms with van der Waals surface area (Å²) in [7, 11) is 0. The molecule has 1 aromatic heterocycles. The van der Waals surface area contributed by atoms with Crippen LogP contribution in [0.3, 0.4) is 0 Å². The molecule has 0 aromatic carbocycles. The van der Waals surface area contributed by atoms with Crippen LogP contribution < -0.4 is 0 Å². The molecule has 0 saturated carbocycles. The number of rotatable bonds is 4. The molecule has 3 heteroatoms. The van der Waals surface area contributed by atoms with Crippen molar-refractivity contribution in [1.29, 1.82) is 0 Å². The maximum Gasteiger partial charge on any atom is 0.0469 e. The van der Waals surface area contributed by atoms with Gasteiger partial charge in [-0.05, 0) is 74.7 Å². The van der Waals surface area contributed by atoms with Gasteiger partial charge >= 0.3 is 0 Å². The van der Waals surface area contributed by atoms with Crippen LogP contribution in [0.2, 0.25) is 0 Å². The van der Waals surface area contributed by atoms with Crippen molar-refractivity contribution >= 4 is 0 Å². The first kappa shape index (κ1) is 14.0. The van der Waals surface area contributed by atoms with E-state index in [0.29, 0.717) is 0 Å². The second-order valence-corrected chi connectivity index (χ2v) is 6.36. The Balaban J connectivity index is 1.40. The van der Waals surface area contributed by atoms with Gasteiger partial charge in [-0.25, -0.2) is 0 Å². The molecule has 2 saturated heterocycles. The normalized spacial score (nSPS) is 23.0. The molecule has 3 rings (SSSR count). The van der Waals surface area contributed by atoms with Crippen molar-refractivity contribution in [2.45, 2.75) is 32.1 Å². The molecular weight excluding hydrogens is 248 g/mol. The number of hydrogen-bond donors (Lipinski definition) is 0. The topological polar surface area (TPSA) is 25.4 Å². The van der Waals surface area contributed by atoms with E-state index in [2.05, 4.69) is 22.0 Å². The van der Waals surface area contributed by atoms with Crippen LogP contribution in [0.4, 0.5) is 0 Å². The number of piperidine rings is 1. The lowest BCUT2D eigenvalue weighted by Gasteiger charge is -2.35. The van der Waals surface area contributed by atoms with Crippen LogP contribution in [0.5, 0.6) is 0 Å². The molecule has 0 aliphatic carbocycles. The Kier molecular flexibility index (Phi) is 5.04. The minimum Gasteiger partial charge on any atom is -0.381 e. The van der Waals surface area contributed by atoms with Crippen molar-refractivity contribution < 1.29 is 4.74 Å². The molecule has 0 N–H and O–H groups in total. The maximum absolute atomic E-state index is 5.45. The first-order chi connectivity index (χ1) is 9.90. The third-order valence-electron chi connectivity index (χ3n) is 4.84. The van der Waals surface area contributed by atoms with Crippen LogP contribution in [-0.2, 0) is 11.2 Å². The highest BCUT2D eigenvalue weighted by molar-refractivity contribution is 5.10. The lowest BCUT2D eigenvalue weighted by Crippen LogP contribution is -2.38. The zero-order valence-corrected chi connectivity index (χ0v) is 12.3. The maximum atomic E-state index is 5.45. The zero-order chi connectivity index (χ0) is 13.6. The largest absolute Gasteiger partial charge is 0.381 e. The summed E-state index contributed by atoms with van der Waals surface area (Å²) in [6.07, 6.45) is 10.3. The first-order valence-corrected chi connectivity index (χ1v) is 8.09. The number of nitrogens with zero attached hydrogens (tertiary/aromatic N) is 2. The Hall–Kier alpha value is -0.930. The number of likely N-dealkylation sites (tertiary alicyclic amines) is 1. The minimum absolute atomic E-state index is 0.864. The fraction of sp³-hybridized carbons (Fsp3) is 0.706. The second-order valence-electron chi connectivity index (χ2n) is 6.36. The number of ether oxygens (including phenoxy) is 1. The van der Waals surface area contributed by atoms with Gasteiger partial charge in [-0.2, -0.15) is 0 Å². The Morgan fingerprint density at radius 3 is 2.40 bits per heavy atom. The van der Waals surface area contributed by atoms with Crippen molar-refractivity contribution in [2.24, 2.45) is 11.8 Å². The van der Waals surface area contributed by atoms with Crippen LogP contribution in [0, 0.1) is 11.8 Å². The fourth-order valence-electron chi connectivity index (χ4n) is 3.52. The van der Waals surface area contributed by atoms with Gasteiger partial charge < -0.3 is 9.64 Å². The van der Waals surface area contributed by atoms with Crippen LogP contribution in [0.1, 0.15) is 31.2 Å². The van der Waals surface area contributed by atoms with Crippen molar-refractivity contribution in [2.75, 3.05) is 32.8 Å². The van der Waals surface area contributed by atoms with Gasteiger partial charge in [0.05, 0.1) is 0 Å². The van der Waals surface area contributed by atoms with Gasteiger partial charge in [0.15, 0.2) is 0 Å². The Labute approximate surface area is 122 Å². The van der Waals surface area contributed by atoms with Gasteiger partial charge in [0.25, 0.3) is 0 Å². The molecule has 3 nitrogen and oxygen atoms in total. The summed E-state index contributed by atoms with van der Waals surface area (Å²) in [4.78, 5) is 6.78. The van der Waals surface area contributed by atoms with Gasteiger partial charge in [0, 0.05) is 32.2 Å². The van der Waals surface area contributed by atoms with Gasteiger partial charge in [-0.1, -0.05) is 0 Å². The lowest BCUT2D eigenvalue weighted by molar-refractivity contribution is 0.0468. The van der Waals surface area contributed by atoms with Crippen LogP contribution in [0.25, 0.3) is 0 Å². The smallest absolute Gasteiger partial charge is 0.0469 e. The molecule has 1 aromatic rings. The molecule has 3 heterocycles. The number of aromatic nitrogens is 1. The first-order valence-electron chi connectivity index (χ1n) is 8.09. The summed E-state index contributed by atoms with van der Waals surface area (Å²) < 4.78 is 5.45. The molecule has 0 atom stereocenters. The SMILES string of the molecule is c1cc(CC2CCN(CC3CCOCC3)CC2)ccn1. The average molecular weight is 274 g/mol. The predicted octanol–water partition coefficient (Wildman–Crippen LogP) is 2.76. The van der Waals surface area contributed by atoms with E-state index in [1.807, 2.05) is 12.4 Å². The van der Waals surface area contributed by atoms with E-state index in [4.69, 9.17) is 4.74 Å². The molecule has 0 spiro atoms. The summed E-state index contributed by atoms with van der Waals surface area (Å²) in [5.74, 6) is 1.74. The van der Waals surface area contributed by atoms with E-state index in [0.717, 1.165) is 25.0 Å². The highest BCUT2D eigenvalue weighted by atomic mass is 16.5. The lowest BCUT2D eigenvalue weighted by atomic mass is 9.89. The van der Waals surface area contributed by atoms with Crippen LogP contribution in [-0.4, -0.2) is 42.7 Å². The summed E-state index contributed by atoms with van der Waals surface area (Å²) >= 11 is 0. The Morgan fingerprint density at radius 1 is 1.00 bits per heavy atom. The minimum atomic E-state index is 0.864. The molecular formula is C17H26N2O. The quantitative estimate of drug-likeness (QED) is 0.844. The molecule has 2 aliphatic heterocycles. The van der Waals surface area contributed by atoms with E-state index in [9.17, 15) is 0 Å². The molecule has 0 unspecified atom stereocenters. The number of hydrogen-bond acceptors (Lipinski definition) is 3. The average Bonchev–Trinajstić information content (AvgIpc) is 2.51. The molecule has 0 radical (unpaired) electrons. The van der Waals surface area contributed by atoms with Crippen molar-refractivity contribution in [1.82, 2.24) is 9.88 Å². The number of pyridine rings is 1. The second kappa shape index (κ2) is 7.19. The summed E-state index contributed by atoms with van der Waals surface area (Å²) in [5.41, 5.74) is 1.45. The predicted molar refractivity (Wildman–Crippen MR) is 80.6 cm³/mol. The monoisotopic (exact) mass is 274 g/mol. The Morgan fingerprint density at radius 2 is 1.70 bits per heavy atom. The van der Waals surface area contributed by atoms with E-state index in [1.165, 1.54) is 57.3 Å². The van der Waals surface area contributed by atoms with Gasteiger partial charge in [-0.3, -0.25) is 4.98 Å². The standard InChI is InChI=1S/C17H26N2O/c1-7-18-8-2-15(1)13-16-3-9-19(10-4-16)14-17-5-11-20-12-6-17/h1-2,7-8,16-17H,3-6,9-14H2. The summed E-state index contributed by atoms with van der Waals surface area (Å²) in [6, 6.07) is 4.32. The van der Waals surface area contributed by atoms with Crippen molar-refractivity contribution in [3.05, 3.63) is 30.1 Å². The van der Waals surface area contributed by atoms with E-state index < -0.39 is 0 Å². The molecule has 110 valence electrons. The summed E-state index contributed by atoms with van der Waals surface area (Å²) in [6.45, 7) is 5.82. The van der Waals surface area contributed by atoms with Gasteiger partial charge in [0.2, 0.25) is 0 Å². The highest BCUT2D eigenvalue weighted by Gasteiger charge is 2.22. The Bertz CT molecular complexity index is 381. The van der Waals surface area contributed by atoms with E-state index in [1.54, 1.807) is 0 Å². The zero-order valence-electron chi connectivity index (χ0n) is 12.3. The van der Waals surface area contributed by atoms with Crippen molar-refractivity contribution in [3.63, 3.8) is 0 Å². The molecule has 0 amide bonds. The van der Waals surface area contributed by atoms with Gasteiger partial charge in [0.1, 0.15) is 0 Å². The third-order valence-corrected chi connectivity index (χ3v) is 4.84. The van der Waals surface area contributed by atoms with Crippen molar-refractivity contribution in [3.8, 4) is 0 Å². The van der Waals surface area contributed by atoms with Gasteiger partial charge in [-0.15, -0.1) is 0 Å². The molecule has 2 fully saturated rings. The molecule has 0 bridgehead atoms. The van der Waals surface area contributed by atoms with Crippen LogP contribution >= 0.6 is 0 Å². The van der Waals surface area contributed by atoms with E-state index in [-0.39, 0.29) is 0 Å². The van der Waals surface area contributed by atoms with Crippen LogP contribution in [0.15, 0.2) is 24.5 Å².